The zero-order valence-corrected chi connectivity index (χ0v) is 21.7. The molecule has 9 heteroatoms. The molecular weight excluding hydrogens is 464 g/mol. The van der Waals surface area contributed by atoms with Crippen molar-refractivity contribution in [1.29, 1.82) is 0 Å². The van der Waals surface area contributed by atoms with Crippen LogP contribution >= 0.6 is 11.6 Å². The van der Waals surface area contributed by atoms with E-state index in [-0.39, 0.29) is 17.7 Å². The predicted octanol–water partition coefficient (Wildman–Crippen LogP) is 5.63. The highest BCUT2D eigenvalue weighted by atomic mass is 35.5. The molecule has 0 aliphatic carbocycles. The lowest BCUT2D eigenvalue weighted by atomic mass is 9.88. The molecule has 1 aliphatic heterocycles. The number of nitrogens with one attached hydrogen (secondary N) is 1. The van der Waals surface area contributed by atoms with Crippen LogP contribution in [0.2, 0.25) is 5.02 Å². The molecule has 4 rings (SSSR count). The Balaban J connectivity index is 1.52. The van der Waals surface area contributed by atoms with E-state index in [1.54, 1.807) is 19.4 Å². The van der Waals surface area contributed by atoms with Gasteiger partial charge in [0, 0.05) is 29.8 Å². The van der Waals surface area contributed by atoms with Gasteiger partial charge < -0.3 is 15.0 Å². The van der Waals surface area contributed by atoms with Gasteiger partial charge in [0.1, 0.15) is 17.1 Å². The molecule has 35 heavy (non-hydrogen) atoms. The first-order valence-electron chi connectivity index (χ1n) is 12.1. The summed E-state index contributed by atoms with van der Waals surface area (Å²) >= 11 is 6.37. The molecule has 1 aromatic carbocycles. The summed E-state index contributed by atoms with van der Waals surface area (Å²) in [7, 11) is 1.59. The number of ether oxygens (including phenoxy) is 1. The molecular formula is C26H33ClN6O2. The Morgan fingerprint density at radius 3 is 2.51 bits per heavy atom. The number of ketones is 1. The largest absolute Gasteiger partial charge is 0.495 e. The zero-order chi connectivity index (χ0) is 25.1. The van der Waals surface area contributed by atoms with Gasteiger partial charge in [-0.05, 0) is 77.9 Å². The van der Waals surface area contributed by atoms with Crippen molar-refractivity contribution in [2.45, 2.75) is 52.6 Å². The molecule has 8 nitrogen and oxygen atoms in total. The standard InChI is InChI=1S/C26H33ClN6O2/c1-16(2)32-11-8-18(9-12-32)25(34)19-6-7-21(23(14-19)35-5)29-26-28-15-20(27)24(30-26)22-10-13-33(31-22)17(3)4/h6-7,10,13-18H,8-9,11-12H2,1-5H3,(H,28,29,30). The molecule has 0 amide bonds. The minimum atomic E-state index is 0.0429. The van der Waals surface area contributed by atoms with E-state index in [9.17, 15) is 4.79 Å². The SMILES string of the molecule is COc1cc(C(=O)C2CCN(C(C)C)CC2)ccc1Nc1ncc(Cl)c(-c2ccn(C(C)C)n2)n1. The van der Waals surface area contributed by atoms with Crippen LogP contribution in [-0.4, -0.2) is 56.7 Å². The zero-order valence-electron chi connectivity index (χ0n) is 21.0. The van der Waals surface area contributed by atoms with Gasteiger partial charge in [-0.2, -0.15) is 5.10 Å². The van der Waals surface area contributed by atoms with Gasteiger partial charge in [-0.1, -0.05) is 11.6 Å². The normalized spacial score (nSPS) is 15.1. The number of halogens is 1. The molecule has 0 atom stereocenters. The van der Waals surface area contributed by atoms with E-state index >= 15 is 0 Å². The van der Waals surface area contributed by atoms with Crippen molar-refractivity contribution in [3.8, 4) is 17.1 Å². The summed E-state index contributed by atoms with van der Waals surface area (Å²) in [6.45, 7) is 10.4. The molecule has 3 aromatic rings. The van der Waals surface area contributed by atoms with Crippen molar-refractivity contribution in [3.63, 3.8) is 0 Å². The van der Waals surface area contributed by atoms with Crippen LogP contribution in [-0.2, 0) is 0 Å². The summed E-state index contributed by atoms with van der Waals surface area (Å²) in [5.41, 5.74) is 2.54. The van der Waals surface area contributed by atoms with E-state index < -0.39 is 0 Å². The van der Waals surface area contributed by atoms with Gasteiger partial charge in [0.05, 0.1) is 24.0 Å². The molecule has 0 radical (unpaired) electrons. The highest BCUT2D eigenvalue weighted by Crippen LogP contribution is 2.32. The fourth-order valence-electron chi connectivity index (χ4n) is 4.34. The number of likely N-dealkylation sites (tertiary alicyclic amines) is 1. The Morgan fingerprint density at radius 2 is 1.89 bits per heavy atom. The lowest BCUT2D eigenvalue weighted by Gasteiger charge is -2.34. The Hall–Kier alpha value is -2.97. The number of hydrogen-bond donors (Lipinski definition) is 1. The van der Waals surface area contributed by atoms with Crippen LogP contribution in [0.4, 0.5) is 11.6 Å². The molecule has 0 spiro atoms. The highest BCUT2D eigenvalue weighted by Gasteiger charge is 2.27. The number of Topliss-reactive ketones (excluding diaryl/α,β-unsaturated/α-hetero) is 1. The van der Waals surface area contributed by atoms with E-state index in [2.05, 4.69) is 53.0 Å². The second-order valence-corrected chi connectivity index (χ2v) is 9.88. The monoisotopic (exact) mass is 496 g/mol. The fraction of sp³-hybridized carbons (Fsp3) is 0.462. The summed E-state index contributed by atoms with van der Waals surface area (Å²) in [6, 6.07) is 8.09. The maximum Gasteiger partial charge on any atom is 0.227 e. The predicted molar refractivity (Wildman–Crippen MR) is 139 cm³/mol. The van der Waals surface area contributed by atoms with Crippen molar-refractivity contribution in [2.24, 2.45) is 5.92 Å². The fourth-order valence-corrected chi connectivity index (χ4v) is 4.53. The quantitative estimate of drug-likeness (QED) is 0.404. The number of carbonyl (C=O) groups is 1. The lowest BCUT2D eigenvalue weighted by Crippen LogP contribution is -2.40. The Kier molecular flexibility index (Phi) is 7.72. The minimum absolute atomic E-state index is 0.0429. The third kappa shape index (κ3) is 5.65. The van der Waals surface area contributed by atoms with Gasteiger partial charge in [-0.3, -0.25) is 9.48 Å². The maximum atomic E-state index is 13.2. The number of aromatic nitrogens is 4. The summed E-state index contributed by atoms with van der Waals surface area (Å²) in [6.07, 6.45) is 5.21. The van der Waals surface area contributed by atoms with Crippen LogP contribution in [0.3, 0.4) is 0 Å². The molecule has 186 valence electrons. The van der Waals surface area contributed by atoms with Crippen molar-refractivity contribution in [1.82, 2.24) is 24.6 Å². The topological polar surface area (TPSA) is 85.2 Å². The molecule has 2 aromatic heterocycles. The Labute approximate surface area is 211 Å². The van der Waals surface area contributed by atoms with Gasteiger partial charge in [0.25, 0.3) is 0 Å². The number of hydrogen-bond acceptors (Lipinski definition) is 7. The van der Waals surface area contributed by atoms with E-state index in [1.807, 2.05) is 29.1 Å². The molecule has 1 aliphatic rings. The van der Waals surface area contributed by atoms with Crippen LogP contribution in [0.25, 0.3) is 11.4 Å². The number of anilines is 2. The highest BCUT2D eigenvalue weighted by molar-refractivity contribution is 6.32. The van der Waals surface area contributed by atoms with E-state index in [1.165, 1.54) is 0 Å². The number of piperidine rings is 1. The van der Waals surface area contributed by atoms with Crippen molar-refractivity contribution in [3.05, 3.63) is 47.2 Å². The van der Waals surface area contributed by atoms with Crippen molar-refractivity contribution in [2.75, 3.05) is 25.5 Å². The maximum absolute atomic E-state index is 13.2. The number of carbonyl (C=O) groups excluding carboxylic acids is 1. The van der Waals surface area contributed by atoms with E-state index in [4.69, 9.17) is 16.3 Å². The summed E-state index contributed by atoms with van der Waals surface area (Å²) in [5, 5.41) is 8.17. The third-order valence-corrected chi connectivity index (χ3v) is 6.76. The van der Waals surface area contributed by atoms with Crippen LogP contribution < -0.4 is 10.1 Å². The second-order valence-electron chi connectivity index (χ2n) is 9.47. The van der Waals surface area contributed by atoms with Gasteiger partial charge in [0.15, 0.2) is 5.78 Å². The number of methoxy groups -OCH3 is 1. The van der Waals surface area contributed by atoms with Gasteiger partial charge >= 0.3 is 0 Å². The average molecular weight is 497 g/mol. The number of rotatable bonds is 8. The molecule has 0 bridgehead atoms. The first-order chi connectivity index (χ1) is 16.8. The smallest absolute Gasteiger partial charge is 0.227 e. The molecule has 3 heterocycles. The van der Waals surface area contributed by atoms with Crippen molar-refractivity contribution >= 4 is 29.0 Å². The van der Waals surface area contributed by atoms with Gasteiger partial charge in [0.2, 0.25) is 5.95 Å². The van der Waals surface area contributed by atoms with Crippen molar-refractivity contribution < 1.29 is 9.53 Å². The van der Waals surface area contributed by atoms with Crippen LogP contribution in [0.1, 0.15) is 56.9 Å². The van der Waals surface area contributed by atoms with E-state index in [0.717, 1.165) is 25.9 Å². The minimum Gasteiger partial charge on any atom is -0.495 e. The summed E-state index contributed by atoms with van der Waals surface area (Å²) in [5.74, 6) is 1.13. The number of benzene rings is 1. The molecule has 1 N–H and O–H groups in total. The molecule has 1 fully saturated rings. The van der Waals surface area contributed by atoms with Gasteiger partial charge in [-0.15, -0.1) is 0 Å². The Bertz CT molecular complexity index is 1180. The first kappa shape index (κ1) is 25.1. The number of nitrogens with zero attached hydrogens (tertiary/aromatic N) is 5. The third-order valence-electron chi connectivity index (χ3n) is 6.49. The first-order valence-corrected chi connectivity index (χ1v) is 12.5. The lowest BCUT2D eigenvalue weighted by molar-refractivity contribution is 0.0811. The molecule has 1 saturated heterocycles. The van der Waals surface area contributed by atoms with Crippen LogP contribution in [0.15, 0.2) is 36.7 Å². The van der Waals surface area contributed by atoms with Crippen LogP contribution in [0, 0.1) is 5.92 Å². The van der Waals surface area contributed by atoms with Crippen LogP contribution in [0.5, 0.6) is 5.75 Å². The second kappa shape index (κ2) is 10.7. The summed E-state index contributed by atoms with van der Waals surface area (Å²) in [4.78, 5) is 24.5. The van der Waals surface area contributed by atoms with E-state index in [0.29, 0.717) is 45.4 Å². The molecule has 0 saturated carbocycles. The average Bonchev–Trinajstić information content (AvgIpc) is 3.35. The molecule has 0 unspecified atom stereocenters. The summed E-state index contributed by atoms with van der Waals surface area (Å²) < 4.78 is 7.45. The van der Waals surface area contributed by atoms with Gasteiger partial charge in [-0.25, -0.2) is 9.97 Å². The Morgan fingerprint density at radius 1 is 1.14 bits per heavy atom.